The predicted octanol–water partition coefficient (Wildman–Crippen LogP) is 0.494. The fraction of sp³-hybridized carbons (Fsp3) is 0.636. The van der Waals surface area contributed by atoms with Gasteiger partial charge in [-0.15, -0.1) is 20.4 Å². The van der Waals surface area contributed by atoms with E-state index in [-0.39, 0.29) is 0 Å². The summed E-state index contributed by atoms with van der Waals surface area (Å²) in [5.41, 5.74) is 5.59. The highest BCUT2D eigenvalue weighted by atomic mass is 32.2. The van der Waals surface area contributed by atoms with E-state index in [1.165, 1.54) is 12.8 Å². The Morgan fingerprint density at radius 2 is 2.00 bits per heavy atom. The van der Waals surface area contributed by atoms with Crippen molar-refractivity contribution < 1.29 is 0 Å². The average molecular weight is 279 g/mol. The molecule has 3 heterocycles. The molecule has 0 saturated carbocycles. The smallest absolute Gasteiger partial charge is 0.191 e. The molecule has 0 aromatic carbocycles. The number of thioether (sulfide) groups is 1. The molecule has 2 N–H and O–H groups in total. The van der Waals surface area contributed by atoms with Crippen molar-refractivity contribution in [1.82, 2.24) is 29.5 Å². The second-order valence-corrected chi connectivity index (χ2v) is 5.53. The SMILES string of the molecule is Cn1c(CN)nnc1SCc1nnc2n1CCCC2. The van der Waals surface area contributed by atoms with Crippen LogP contribution in [0.15, 0.2) is 5.16 Å². The highest BCUT2D eigenvalue weighted by Gasteiger charge is 2.16. The Labute approximate surface area is 115 Å². The van der Waals surface area contributed by atoms with Gasteiger partial charge >= 0.3 is 0 Å². The zero-order valence-corrected chi connectivity index (χ0v) is 11.7. The molecule has 0 bridgehead atoms. The van der Waals surface area contributed by atoms with E-state index >= 15 is 0 Å². The number of aryl methyl sites for hydroxylation is 1. The van der Waals surface area contributed by atoms with Crippen LogP contribution in [-0.4, -0.2) is 29.5 Å². The Morgan fingerprint density at radius 1 is 1.16 bits per heavy atom. The minimum absolute atomic E-state index is 0.407. The number of rotatable bonds is 4. The summed E-state index contributed by atoms with van der Waals surface area (Å²) in [6.07, 6.45) is 3.47. The summed E-state index contributed by atoms with van der Waals surface area (Å²) < 4.78 is 4.16. The standard InChI is InChI=1S/C11H17N7S/c1-17-9(6-12)14-16-11(17)19-7-10-15-13-8-4-2-3-5-18(8)10/h2-7,12H2,1H3. The highest BCUT2D eigenvalue weighted by molar-refractivity contribution is 7.98. The quantitative estimate of drug-likeness (QED) is 0.820. The summed E-state index contributed by atoms with van der Waals surface area (Å²) in [5.74, 6) is 3.70. The molecule has 0 aliphatic carbocycles. The molecular formula is C11H17N7S. The Morgan fingerprint density at radius 3 is 2.79 bits per heavy atom. The largest absolute Gasteiger partial charge is 0.324 e. The third-order valence-electron chi connectivity index (χ3n) is 3.37. The number of nitrogens with zero attached hydrogens (tertiary/aromatic N) is 6. The lowest BCUT2D eigenvalue weighted by molar-refractivity contribution is 0.513. The van der Waals surface area contributed by atoms with Crippen molar-refractivity contribution in [3.63, 3.8) is 0 Å². The molecule has 0 saturated heterocycles. The summed E-state index contributed by atoms with van der Waals surface area (Å²) in [4.78, 5) is 0. The Balaban J connectivity index is 1.72. The first-order chi connectivity index (χ1) is 9.29. The second kappa shape index (κ2) is 5.30. The molecule has 102 valence electrons. The normalized spacial score (nSPS) is 14.6. The first-order valence-corrected chi connectivity index (χ1v) is 7.40. The second-order valence-electron chi connectivity index (χ2n) is 4.59. The van der Waals surface area contributed by atoms with Crippen LogP contribution in [-0.2, 0) is 32.3 Å². The zero-order valence-electron chi connectivity index (χ0n) is 10.9. The minimum atomic E-state index is 0.407. The van der Waals surface area contributed by atoms with Crippen LogP contribution in [0.3, 0.4) is 0 Å². The van der Waals surface area contributed by atoms with Gasteiger partial charge in [0, 0.05) is 20.0 Å². The van der Waals surface area contributed by atoms with Crippen LogP contribution in [0.4, 0.5) is 0 Å². The lowest BCUT2D eigenvalue weighted by atomic mass is 10.2. The summed E-state index contributed by atoms with van der Waals surface area (Å²) in [6, 6.07) is 0. The highest BCUT2D eigenvalue weighted by Crippen LogP contribution is 2.22. The zero-order chi connectivity index (χ0) is 13.2. The van der Waals surface area contributed by atoms with Crippen molar-refractivity contribution in [2.75, 3.05) is 0 Å². The molecule has 0 fully saturated rings. The van der Waals surface area contributed by atoms with Gasteiger partial charge < -0.3 is 14.9 Å². The van der Waals surface area contributed by atoms with Gasteiger partial charge in [0.2, 0.25) is 0 Å². The Hall–Kier alpha value is -1.41. The third kappa shape index (κ3) is 2.37. The van der Waals surface area contributed by atoms with E-state index in [0.29, 0.717) is 6.54 Å². The number of hydrogen-bond acceptors (Lipinski definition) is 6. The van der Waals surface area contributed by atoms with Gasteiger partial charge in [-0.05, 0) is 12.8 Å². The van der Waals surface area contributed by atoms with Gasteiger partial charge in [0.1, 0.15) is 17.5 Å². The van der Waals surface area contributed by atoms with Crippen molar-refractivity contribution in [2.45, 2.75) is 43.3 Å². The van der Waals surface area contributed by atoms with Crippen LogP contribution in [0.1, 0.15) is 30.3 Å². The molecule has 3 rings (SSSR count). The van der Waals surface area contributed by atoms with Crippen molar-refractivity contribution in [3.05, 3.63) is 17.5 Å². The summed E-state index contributed by atoms with van der Waals surface area (Å²) >= 11 is 1.62. The van der Waals surface area contributed by atoms with Gasteiger partial charge in [0.05, 0.1) is 12.3 Å². The molecule has 1 aliphatic heterocycles. The first kappa shape index (κ1) is 12.6. The van der Waals surface area contributed by atoms with Crippen molar-refractivity contribution in [1.29, 1.82) is 0 Å². The van der Waals surface area contributed by atoms with Crippen LogP contribution in [0.5, 0.6) is 0 Å². The maximum Gasteiger partial charge on any atom is 0.191 e. The van der Waals surface area contributed by atoms with E-state index in [2.05, 4.69) is 25.0 Å². The molecule has 0 radical (unpaired) electrons. The lowest BCUT2D eigenvalue weighted by Gasteiger charge is -2.14. The lowest BCUT2D eigenvalue weighted by Crippen LogP contribution is -2.12. The van der Waals surface area contributed by atoms with E-state index in [1.807, 2.05) is 11.6 Å². The summed E-state index contributed by atoms with van der Waals surface area (Å²) in [5, 5.41) is 17.6. The van der Waals surface area contributed by atoms with Gasteiger partial charge in [-0.2, -0.15) is 0 Å². The molecular weight excluding hydrogens is 262 g/mol. The predicted molar refractivity (Wildman–Crippen MR) is 71.4 cm³/mol. The number of hydrogen-bond donors (Lipinski definition) is 1. The van der Waals surface area contributed by atoms with E-state index in [1.54, 1.807) is 11.8 Å². The maximum absolute atomic E-state index is 5.59. The number of fused-ring (bicyclic) bond motifs is 1. The van der Waals surface area contributed by atoms with Crippen LogP contribution in [0.25, 0.3) is 0 Å². The average Bonchev–Trinajstić information content (AvgIpc) is 3.00. The fourth-order valence-corrected chi connectivity index (χ4v) is 3.12. The van der Waals surface area contributed by atoms with Gasteiger partial charge in [0.15, 0.2) is 5.16 Å². The van der Waals surface area contributed by atoms with Gasteiger partial charge in [-0.25, -0.2) is 0 Å². The summed E-state index contributed by atoms with van der Waals surface area (Å²) in [7, 11) is 1.93. The fourth-order valence-electron chi connectivity index (χ4n) is 2.25. The van der Waals surface area contributed by atoms with Crippen LogP contribution >= 0.6 is 11.8 Å². The molecule has 2 aromatic heterocycles. The number of aromatic nitrogens is 6. The minimum Gasteiger partial charge on any atom is -0.324 e. The van der Waals surface area contributed by atoms with Gasteiger partial charge in [-0.3, -0.25) is 0 Å². The van der Waals surface area contributed by atoms with Gasteiger partial charge in [0.25, 0.3) is 0 Å². The molecule has 0 unspecified atom stereocenters. The molecule has 0 spiro atoms. The summed E-state index contributed by atoms with van der Waals surface area (Å²) in [6.45, 7) is 1.44. The van der Waals surface area contributed by atoms with Crippen molar-refractivity contribution in [2.24, 2.45) is 12.8 Å². The monoisotopic (exact) mass is 279 g/mol. The van der Waals surface area contributed by atoms with Crippen molar-refractivity contribution >= 4 is 11.8 Å². The van der Waals surface area contributed by atoms with E-state index in [9.17, 15) is 0 Å². The van der Waals surface area contributed by atoms with Crippen LogP contribution in [0, 0.1) is 0 Å². The van der Waals surface area contributed by atoms with E-state index in [4.69, 9.17) is 5.73 Å². The van der Waals surface area contributed by atoms with Gasteiger partial charge in [-0.1, -0.05) is 11.8 Å². The van der Waals surface area contributed by atoms with Crippen LogP contribution in [0.2, 0.25) is 0 Å². The molecule has 0 atom stereocenters. The molecule has 2 aromatic rings. The van der Waals surface area contributed by atoms with E-state index in [0.717, 1.165) is 41.3 Å². The molecule has 19 heavy (non-hydrogen) atoms. The first-order valence-electron chi connectivity index (χ1n) is 6.41. The maximum atomic E-state index is 5.59. The third-order valence-corrected chi connectivity index (χ3v) is 4.39. The molecule has 8 heteroatoms. The topological polar surface area (TPSA) is 87.4 Å². The molecule has 7 nitrogen and oxygen atoms in total. The number of nitrogens with two attached hydrogens (primary N) is 1. The Kier molecular flexibility index (Phi) is 3.52. The van der Waals surface area contributed by atoms with Crippen LogP contribution < -0.4 is 5.73 Å². The van der Waals surface area contributed by atoms with Crippen molar-refractivity contribution in [3.8, 4) is 0 Å². The molecule has 1 aliphatic rings. The Bertz CT molecular complexity index is 574. The molecule has 0 amide bonds. The van der Waals surface area contributed by atoms with E-state index < -0.39 is 0 Å².